The Morgan fingerprint density at radius 3 is 1.90 bits per heavy atom. The van der Waals surface area contributed by atoms with Gasteiger partial charge >= 0.3 is 5.97 Å². The predicted molar refractivity (Wildman–Crippen MR) is 80.5 cm³/mol. The van der Waals surface area contributed by atoms with Crippen molar-refractivity contribution in [2.45, 2.75) is 76.9 Å². The number of carbonyl (C=O) groups is 1. The van der Waals surface area contributed by atoms with Gasteiger partial charge in [-0.1, -0.05) is 32.1 Å². The molecule has 118 valence electrons. The summed E-state index contributed by atoms with van der Waals surface area (Å²) in [6.45, 7) is 5.02. The van der Waals surface area contributed by atoms with Crippen LogP contribution < -0.4 is 0 Å². The molecule has 0 aromatic carbocycles. The molecular formula is C15H28O4S. The molecule has 0 heterocycles. The summed E-state index contributed by atoms with van der Waals surface area (Å²) in [6.07, 6.45) is 6.54. The lowest BCUT2D eigenvalue weighted by molar-refractivity contribution is -0.150. The van der Waals surface area contributed by atoms with Gasteiger partial charge in [-0.3, -0.25) is 4.79 Å². The number of hydrogen-bond acceptors (Lipinski definition) is 3. The molecule has 0 aromatic heterocycles. The van der Waals surface area contributed by atoms with E-state index in [0.717, 1.165) is 32.1 Å². The highest BCUT2D eigenvalue weighted by atomic mass is 32.2. The summed E-state index contributed by atoms with van der Waals surface area (Å²) in [5.41, 5.74) is -0.835. The minimum atomic E-state index is -3.25. The van der Waals surface area contributed by atoms with Gasteiger partial charge in [0.15, 0.2) is 9.84 Å². The van der Waals surface area contributed by atoms with Crippen molar-refractivity contribution in [2.75, 3.05) is 5.75 Å². The SMILES string of the molecule is CC(C)(C)S(=O)(=O)CCC1(C(=O)O)CCCCCCC1. The van der Waals surface area contributed by atoms with Gasteiger partial charge in [0.2, 0.25) is 0 Å². The van der Waals surface area contributed by atoms with Gasteiger partial charge in [-0.25, -0.2) is 8.42 Å². The molecule has 1 aliphatic rings. The molecule has 1 rings (SSSR count). The van der Waals surface area contributed by atoms with E-state index >= 15 is 0 Å². The van der Waals surface area contributed by atoms with Crippen molar-refractivity contribution in [3.8, 4) is 0 Å². The molecule has 0 aliphatic heterocycles. The highest BCUT2D eigenvalue weighted by Crippen LogP contribution is 2.38. The van der Waals surface area contributed by atoms with Crippen LogP contribution in [0.4, 0.5) is 0 Å². The van der Waals surface area contributed by atoms with E-state index in [9.17, 15) is 18.3 Å². The molecule has 0 atom stereocenters. The summed E-state index contributed by atoms with van der Waals surface area (Å²) >= 11 is 0. The van der Waals surface area contributed by atoms with Gasteiger partial charge in [0.05, 0.1) is 15.9 Å². The maximum atomic E-state index is 12.2. The van der Waals surface area contributed by atoms with Gasteiger partial charge in [-0.2, -0.15) is 0 Å². The molecule has 0 amide bonds. The van der Waals surface area contributed by atoms with Gasteiger partial charge in [-0.15, -0.1) is 0 Å². The Bertz CT molecular complexity index is 423. The summed E-state index contributed by atoms with van der Waals surface area (Å²) < 4.78 is 23.6. The van der Waals surface area contributed by atoms with Crippen LogP contribution in [0.1, 0.15) is 72.1 Å². The zero-order chi connectivity index (χ0) is 15.4. The summed E-state index contributed by atoms with van der Waals surface area (Å²) in [5.74, 6) is -0.841. The smallest absolute Gasteiger partial charge is 0.309 e. The van der Waals surface area contributed by atoms with E-state index in [1.54, 1.807) is 20.8 Å². The number of hydrogen-bond donors (Lipinski definition) is 1. The summed E-state index contributed by atoms with van der Waals surface area (Å²) in [4.78, 5) is 11.7. The van der Waals surface area contributed by atoms with Crippen LogP contribution in [0.5, 0.6) is 0 Å². The van der Waals surface area contributed by atoms with Gasteiger partial charge in [-0.05, 0) is 40.0 Å². The Hall–Kier alpha value is -0.580. The third-order valence-corrected chi connectivity index (χ3v) is 7.15. The lowest BCUT2D eigenvalue weighted by Gasteiger charge is -2.32. The first-order chi connectivity index (χ1) is 9.11. The molecule has 1 saturated carbocycles. The average Bonchev–Trinajstić information content (AvgIpc) is 2.26. The fourth-order valence-electron chi connectivity index (χ4n) is 2.79. The maximum absolute atomic E-state index is 12.2. The first-order valence-corrected chi connectivity index (χ1v) is 9.22. The van der Waals surface area contributed by atoms with E-state index in [0.29, 0.717) is 12.8 Å². The number of rotatable bonds is 4. The van der Waals surface area contributed by atoms with Crippen molar-refractivity contribution in [2.24, 2.45) is 5.41 Å². The molecule has 0 saturated heterocycles. The number of carboxylic acids is 1. The Morgan fingerprint density at radius 2 is 1.50 bits per heavy atom. The second-order valence-corrected chi connectivity index (χ2v) is 9.90. The van der Waals surface area contributed by atoms with Gasteiger partial charge in [0, 0.05) is 0 Å². The average molecular weight is 304 g/mol. The summed E-state index contributed by atoms with van der Waals surface area (Å²) in [7, 11) is -3.25. The van der Waals surface area contributed by atoms with Crippen LogP contribution in [0, 0.1) is 5.41 Å². The van der Waals surface area contributed by atoms with Crippen LogP contribution >= 0.6 is 0 Å². The highest BCUT2D eigenvalue weighted by molar-refractivity contribution is 7.92. The minimum absolute atomic E-state index is 0.0250. The lowest BCUT2D eigenvalue weighted by Crippen LogP contribution is -2.37. The van der Waals surface area contributed by atoms with Crippen LogP contribution in [0.15, 0.2) is 0 Å². The second kappa shape index (κ2) is 6.46. The van der Waals surface area contributed by atoms with Crippen molar-refractivity contribution >= 4 is 15.8 Å². The van der Waals surface area contributed by atoms with Crippen molar-refractivity contribution in [1.29, 1.82) is 0 Å². The Labute approximate surface area is 122 Å². The van der Waals surface area contributed by atoms with Gasteiger partial charge < -0.3 is 5.11 Å². The molecule has 1 aliphatic carbocycles. The largest absolute Gasteiger partial charge is 0.481 e. The van der Waals surface area contributed by atoms with Crippen LogP contribution in [0.25, 0.3) is 0 Å². The van der Waals surface area contributed by atoms with E-state index in [1.165, 1.54) is 0 Å². The molecule has 0 unspecified atom stereocenters. The summed E-state index contributed by atoms with van der Waals surface area (Å²) in [5, 5.41) is 9.61. The Morgan fingerprint density at radius 1 is 1.05 bits per heavy atom. The van der Waals surface area contributed by atoms with E-state index in [2.05, 4.69) is 0 Å². The van der Waals surface area contributed by atoms with Gasteiger partial charge in [0.25, 0.3) is 0 Å². The Balaban J connectivity index is 2.84. The van der Waals surface area contributed by atoms with Crippen molar-refractivity contribution < 1.29 is 18.3 Å². The molecule has 4 nitrogen and oxygen atoms in total. The van der Waals surface area contributed by atoms with Crippen molar-refractivity contribution in [1.82, 2.24) is 0 Å². The van der Waals surface area contributed by atoms with E-state index in [1.807, 2.05) is 0 Å². The van der Waals surface area contributed by atoms with Crippen LogP contribution in [-0.2, 0) is 14.6 Å². The number of carboxylic acid groups (broad SMARTS) is 1. The molecule has 0 radical (unpaired) electrons. The molecule has 0 aromatic rings. The summed E-state index contributed by atoms with van der Waals surface area (Å²) in [6, 6.07) is 0. The minimum Gasteiger partial charge on any atom is -0.481 e. The van der Waals surface area contributed by atoms with E-state index in [-0.39, 0.29) is 12.2 Å². The molecule has 1 N–H and O–H groups in total. The second-order valence-electron chi connectivity index (χ2n) is 7.03. The normalized spacial score (nSPS) is 20.9. The third-order valence-electron chi connectivity index (χ3n) is 4.55. The van der Waals surface area contributed by atoms with Gasteiger partial charge in [0.1, 0.15) is 0 Å². The first kappa shape index (κ1) is 17.5. The topological polar surface area (TPSA) is 71.4 Å². The van der Waals surface area contributed by atoms with Crippen LogP contribution in [0.3, 0.4) is 0 Å². The van der Waals surface area contributed by atoms with Crippen LogP contribution in [0.2, 0.25) is 0 Å². The molecule has 0 bridgehead atoms. The van der Waals surface area contributed by atoms with Crippen molar-refractivity contribution in [3.63, 3.8) is 0 Å². The maximum Gasteiger partial charge on any atom is 0.309 e. The monoisotopic (exact) mass is 304 g/mol. The number of sulfone groups is 1. The fourth-order valence-corrected chi connectivity index (χ4v) is 4.06. The molecule has 5 heteroatoms. The van der Waals surface area contributed by atoms with Crippen molar-refractivity contribution in [3.05, 3.63) is 0 Å². The van der Waals surface area contributed by atoms with E-state index in [4.69, 9.17) is 0 Å². The predicted octanol–water partition coefficient (Wildman–Crippen LogP) is 3.41. The molecule has 0 spiro atoms. The zero-order valence-electron chi connectivity index (χ0n) is 12.9. The molecule has 1 fully saturated rings. The lowest BCUT2D eigenvalue weighted by atomic mass is 9.74. The number of aliphatic carboxylic acids is 1. The standard InChI is InChI=1S/C15H28O4S/c1-14(2,3)20(18,19)12-11-15(13(16)17)9-7-5-4-6-8-10-15/h4-12H2,1-3H3,(H,16,17). The fraction of sp³-hybridized carbons (Fsp3) is 0.933. The Kier molecular flexibility index (Phi) is 5.64. The molecular weight excluding hydrogens is 276 g/mol. The van der Waals surface area contributed by atoms with Crippen LogP contribution in [-0.4, -0.2) is 30.0 Å². The highest BCUT2D eigenvalue weighted by Gasteiger charge is 2.40. The van der Waals surface area contributed by atoms with E-state index < -0.39 is 26.0 Å². The molecule has 20 heavy (non-hydrogen) atoms. The first-order valence-electron chi connectivity index (χ1n) is 7.56. The third kappa shape index (κ3) is 4.21. The quantitative estimate of drug-likeness (QED) is 0.864. The zero-order valence-corrected chi connectivity index (χ0v) is 13.8.